The van der Waals surface area contributed by atoms with Crippen LogP contribution >= 0.6 is 0 Å². The summed E-state index contributed by atoms with van der Waals surface area (Å²) in [5, 5.41) is 3.24. The molecule has 3 nitrogen and oxygen atoms in total. The maximum Gasteiger partial charge on any atom is 0.123 e. The van der Waals surface area contributed by atoms with Crippen LogP contribution in [0.25, 0.3) is 0 Å². The zero-order valence-electron chi connectivity index (χ0n) is 11.3. The Labute approximate surface area is 119 Å². The maximum atomic E-state index is 6.10. The Morgan fingerprint density at radius 1 is 0.950 bits per heavy atom. The van der Waals surface area contributed by atoms with Gasteiger partial charge in [0, 0.05) is 6.54 Å². The maximum absolute atomic E-state index is 6.10. The van der Waals surface area contributed by atoms with Crippen molar-refractivity contribution in [2.75, 3.05) is 19.7 Å². The lowest BCUT2D eigenvalue weighted by molar-refractivity contribution is 0.111. The fraction of sp³-hybridized carbons (Fsp3) is 0.235. The minimum Gasteiger partial charge on any atom is -0.370 e. The molecule has 0 radical (unpaired) electrons. The van der Waals surface area contributed by atoms with Crippen LogP contribution in [0.4, 0.5) is 0 Å². The third kappa shape index (κ3) is 3.06. The molecule has 3 heteroatoms. The summed E-state index contributed by atoms with van der Waals surface area (Å²) in [6.45, 7) is 2.29. The van der Waals surface area contributed by atoms with Crippen LogP contribution in [0.1, 0.15) is 17.2 Å². The Hall–Kier alpha value is -2.13. The van der Waals surface area contributed by atoms with Crippen molar-refractivity contribution in [2.45, 2.75) is 6.10 Å². The Balaban J connectivity index is 1.80. The van der Waals surface area contributed by atoms with Gasteiger partial charge in [0.05, 0.1) is 6.54 Å². The first-order valence-corrected chi connectivity index (χ1v) is 6.92. The molecule has 2 aromatic rings. The van der Waals surface area contributed by atoms with Gasteiger partial charge in [-0.3, -0.25) is 4.99 Å². The van der Waals surface area contributed by atoms with Gasteiger partial charge in [0.15, 0.2) is 0 Å². The van der Waals surface area contributed by atoms with Crippen LogP contribution in [0.15, 0.2) is 65.7 Å². The average Bonchev–Trinajstić information content (AvgIpc) is 3.03. The standard InChI is InChI=1S/C17H18N2O/c1-3-7-14(8-4-1)17(15-9-5-2-6-10-15)20-13-16-18-11-12-19-16/h1-10,17H,11-13H2,(H,18,19). The second-order valence-electron chi connectivity index (χ2n) is 4.77. The van der Waals surface area contributed by atoms with E-state index in [9.17, 15) is 0 Å². The Bertz CT molecular complexity index is 527. The molecule has 0 aliphatic carbocycles. The van der Waals surface area contributed by atoms with Crippen molar-refractivity contribution in [1.82, 2.24) is 5.32 Å². The third-order valence-electron chi connectivity index (χ3n) is 3.33. The predicted molar refractivity (Wildman–Crippen MR) is 81.0 cm³/mol. The second-order valence-corrected chi connectivity index (χ2v) is 4.77. The molecule has 20 heavy (non-hydrogen) atoms. The topological polar surface area (TPSA) is 33.6 Å². The summed E-state index contributed by atoms with van der Waals surface area (Å²) in [4.78, 5) is 4.38. The summed E-state index contributed by atoms with van der Waals surface area (Å²) in [6.07, 6.45) is -0.0532. The van der Waals surface area contributed by atoms with Crippen LogP contribution in [0.5, 0.6) is 0 Å². The summed E-state index contributed by atoms with van der Waals surface area (Å²) in [5.41, 5.74) is 2.33. The van der Waals surface area contributed by atoms with E-state index in [4.69, 9.17) is 4.74 Å². The van der Waals surface area contributed by atoms with E-state index >= 15 is 0 Å². The molecule has 0 saturated heterocycles. The highest BCUT2D eigenvalue weighted by Crippen LogP contribution is 2.25. The lowest BCUT2D eigenvalue weighted by Gasteiger charge is -2.19. The van der Waals surface area contributed by atoms with Crippen LogP contribution < -0.4 is 5.32 Å². The highest BCUT2D eigenvalue weighted by molar-refractivity contribution is 5.84. The summed E-state index contributed by atoms with van der Waals surface area (Å²) in [7, 11) is 0. The van der Waals surface area contributed by atoms with E-state index in [2.05, 4.69) is 34.6 Å². The average molecular weight is 266 g/mol. The van der Waals surface area contributed by atoms with Crippen molar-refractivity contribution < 1.29 is 4.74 Å². The number of amidine groups is 1. The molecule has 2 aromatic carbocycles. The van der Waals surface area contributed by atoms with Crippen molar-refractivity contribution >= 4 is 5.84 Å². The van der Waals surface area contributed by atoms with Crippen LogP contribution in [-0.4, -0.2) is 25.5 Å². The summed E-state index contributed by atoms with van der Waals surface area (Å²) in [5.74, 6) is 0.946. The number of benzene rings is 2. The molecule has 0 amide bonds. The molecule has 0 unspecified atom stereocenters. The Morgan fingerprint density at radius 3 is 2.05 bits per heavy atom. The van der Waals surface area contributed by atoms with Crippen molar-refractivity contribution in [3.05, 3.63) is 71.8 Å². The number of aliphatic imine (C=N–C) groups is 1. The fourth-order valence-electron chi connectivity index (χ4n) is 2.35. The quantitative estimate of drug-likeness (QED) is 0.903. The fourth-order valence-corrected chi connectivity index (χ4v) is 2.35. The minimum atomic E-state index is -0.0532. The highest BCUT2D eigenvalue weighted by Gasteiger charge is 2.16. The van der Waals surface area contributed by atoms with E-state index in [1.165, 1.54) is 0 Å². The minimum absolute atomic E-state index is 0.0532. The molecule has 0 aromatic heterocycles. The highest BCUT2D eigenvalue weighted by atomic mass is 16.5. The number of nitrogens with one attached hydrogen (secondary N) is 1. The lowest BCUT2D eigenvalue weighted by atomic mass is 10.0. The monoisotopic (exact) mass is 266 g/mol. The molecule has 0 saturated carbocycles. The molecule has 1 N–H and O–H groups in total. The molecule has 0 bridgehead atoms. The molecule has 1 aliphatic rings. The van der Waals surface area contributed by atoms with Crippen LogP contribution in [0, 0.1) is 0 Å². The number of hydrogen-bond donors (Lipinski definition) is 1. The van der Waals surface area contributed by atoms with E-state index in [1.807, 2.05) is 36.4 Å². The molecule has 1 heterocycles. The van der Waals surface area contributed by atoms with Gasteiger partial charge in [-0.2, -0.15) is 0 Å². The van der Waals surface area contributed by atoms with Crippen LogP contribution in [-0.2, 0) is 4.74 Å². The Morgan fingerprint density at radius 2 is 1.55 bits per heavy atom. The van der Waals surface area contributed by atoms with Gasteiger partial charge in [-0.15, -0.1) is 0 Å². The normalized spacial score (nSPS) is 14.2. The van der Waals surface area contributed by atoms with E-state index < -0.39 is 0 Å². The zero-order chi connectivity index (χ0) is 13.6. The van der Waals surface area contributed by atoms with Gasteiger partial charge in [0.1, 0.15) is 18.5 Å². The molecule has 102 valence electrons. The molecule has 1 aliphatic heterocycles. The predicted octanol–water partition coefficient (Wildman–Crippen LogP) is 2.79. The van der Waals surface area contributed by atoms with Gasteiger partial charge >= 0.3 is 0 Å². The van der Waals surface area contributed by atoms with Crippen molar-refractivity contribution in [3.63, 3.8) is 0 Å². The van der Waals surface area contributed by atoms with Gasteiger partial charge < -0.3 is 10.1 Å². The SMILES string of the molecule is c1ccc(C(OCC2=NCCN2)c2ccccc2)cc1. The van der Waals surface area contributed by atoms with Gasteiger partial charge in [-0.1, -0.05) is 60.7 Å². The summed E-state index contributed by atoms with van der Waals surface area (Å²) < 4.78 is 6.10. The van der Waals surface area contributed by atoms with Crippen molar-refractivity contribution in [1.29, 1.82) is 0 Å². The lowest BCUT2D eigenvalue weighted by Crippen LogP contribution is -2.24. The molecule has 3 rings (SSSR count). The second kappa shape index (κ2) is 6.35. The van der Waals surface area contributed by atoms with E-state index in [1.54, 1.807) is 0 Å². The van der Waals surface area contributed by atoms with E-state index in [0.717, 1.165) is 30.1 Å². The molecule has 0 atom stereocenters. The number of nitrogens with zero attached hydrogens (tertiary/aromatic N) is 1. The number of hydrogen-bond acceptors (Lipinski definition) is 3. The van der Waals surface area contributed by atoms with Crippen LogP contribution in [0.2, 0.25) is 0 Å². The summed E-state index contributed by atoms with van der Waals surface area (Å²) in [6, 6.07) is 20.6. The van der Waals surface area contributed by atoms with Gasteiger partial charge in [-0.05, 0) is 11.1 Å². The van der Waals surface area contributed by atoms with E-state index in [-0.39, 0.29) is 6.10 Å². The molecular formula is C17H18N2O. The summed E-state index contributed by atoms with van der Waals surface area (Å²) >= 11 is 0. The number of rotatable bonds is 5. The van der Waals surface area contributed by atoms with Gasteiger partial charge in [0.25, 0.3) is 0 Å². The Kier molecular flexibility index (Phi) is 4.09. The first-order chi connectivity index (χ1) is 9.93. The smallest absolute Gasteiger partial charge is 0.123 e. The van der Waals surface area contributed by atoms with Gasteiger partial charge in [0.2, 0.25) is 0 Å². The molecule has 0 spiro atoms. The number of ether oxygens (including phenoxy) is 1. The third-order valence-corrected chi connectivity index (χ3v) is 3.33. The zero-order valence-corrected chi connectivity index (χ0v) is 11.3. The van der Waals surface area contributed by atoms with E-state index in [0.29, 0.717) is 6.61 Å². The largest absolute Gasteiger partial charge is 0.370 e. The first-order valence-electron chi connectivity index (χ1n) is 6.92. The van der Waals surface area contributed by atoms with Crippen molar-refractivity contribution in [3.8, 4) is 0 Å². The first kappa shape index (κ1) is 12.9. The molecular weight excluding hydrogens is 248 g/mol. The molecule has 0 fully saturated rings. The van der Waals surface area contributed by atoms with Gasteiger partial charge in [-0.25, -0.2) is 0 Å². The van der Waals surface area contributed by atoms with Crippen molar-refractivity contribution in [2.24, 2.45) is 4.99 Å². The van der Waals surface area contributed by atoms with Crippen LogP contribution in [0.3, 0.4) is 0 Å².